The highest BCUT2D eigenvalue weighted by Crippen LogP contribution is 2.46. The maximum Gasteiger partial charge on any atom is 0.0998 e. The summed E-state index contributed by atoms with van der Waals surface area (Å²) in [4.78, 5) is 0. The molecule has 0 aliphatic carbocycles. The Kier molecular flexibility index (Phi) is 5.31. The molecule has 0 spiro atoms. The topological polar surface area (TPSA) is 23.8 Å². The van der Waals surface area contributed by atoms with Gasteiger partial charge in [-0.1, -0.05) is 91.0 Å². The van der Waals surface area contributed by atoms with E-state index in [1.807, 2.05) is 11.3 Å². The van der Waals surface area contributed by atoms with Gasteiger partial charge in [-0.2, -0.15) is 5.26 Å². The third kappa shape index (κ3) is 3.51. The summed E-state index contributed by atoms with van der Waals surface area (Å²) in [5, 5.41) is 15.5. The van der Waals surface area contributed by atoms with E-state index in [-0.39, 0.29) is 0 Å². The third-order valence-electron chi connectivity index (χ3n) is 7.75. The highest BCUT2D eigenvalue weighted by molar-refractivity contribution is 7.26. The predicted molar refractivity (Wildman–Crippen MR) is 173 cm³/mol. The fourth-order valence-corrected chi connectivity index (χ4v) is 8.26. The molecular weight excluding hydrogens is 523 g/mol. The molecule has 8 rings (SSSR count). The molecule has 40 heavy (non-hydrogen) atoms. The van der Waals surface area contributed by atoms with E-state index in [2.05, 4.69) is 133 Å². The van der Waals surface area contributed by atoms with Crippen LogP contribution in [0.5, 0.6) is 0 Å². The first-order valence-corrected chi connectivity index (χ1v) is 14.9. The second-order valence-electron chi connectivity index (χ2n) is 9.98. The van der Waals surface area contributed by atoms with Gasteiger partial charge in [0.2, 0.25) is 0 Å². The van der Waals surface area contributed by atoms with Crippen LogP contribution in [0.1, 0.15) is 5.56 Å². The highest BCUT2D eigenvalue weighted by Gasteiger charge is 2.20. The summed E-state index contributed by atoms with van der Waals surface area (Å²) < 4.78 is 5.04. The van der Waals surface area contributed by atoms with Crippen LogP contribution < -0.4 is 0 Å². The summed E-state index contributed by atoms with van der Waals surface area (Å²) in [7, 11) is 0. The number of thiophene rings is 2. The second kappa shape index (κ2) is 9.17. The Morgan fingerprint density at radius 1 is 0.425 bits per heavy atom. The molecule has 6 aromatic carbocycles. The standard InChI is InChI=1S/C37H21NS2/c38-22-24-20-31(26-15-9-19-35-37(26)28-13-5-7-17-33(28)40-35)29(23-10-2-1-3-11-23)21-30(24)25-14-8-18-34-36(25)27-12-4-6-16-32(27)39-34/h1-21H. The first-order chi connectivity index (χ1) is 19.8. The van der Waals surface area contributed by atoms with Crippen molar-refractivity contribution >= 4 is 63.0 Å². The molecule has 0 amide bonds. The summed E-state index contributed by atoms with van der Waals surface area (Å²) in [6, 6.07) is 47.7. The molecule has 0 saturated heterocycles. The summed E-state index contributed by atoms with van der Waals surface area (Å²) in [5.41, 5.74) is 7.29. The van der Waals surface area contributed by atoms with Gasteiger partial charge < -0.3 is 0 Å². The molecule has 0 aliphatic heterocycles. The van der Waals surface area contributed by atoms with Crippen LogP contribution >= 0.6 is 22.7 Å². The Morgan fingerprint density at radius 2 is 0.950 bits per heavy atom. The van der Waals surface area contributed by atoms with Crippen molar-refractivity contribution in [2.45, 2.75) is 0 Å². The van der Waals surface area contributed by atoms with Gasteiger partial charge in [-0.15, -0.1) is 22.7 Å². The maximum atomic E-state index is 10.5. The lowest BCUT2D eigenvalue weighted by Gasteiger charge is -2.17. The van der Waals surface area contributed by atoms with Crippen LogP contribution in [0, 0.1) is 11.3 Å². The third-order valence-corrected chi connectivity index (χ3v) is 10.0. The molecule has 2 heterocycles. The summed E-state index contributed by atoms with van der Waals surface area (Å²) >= 11 is 3.63. The van der Waals surface area contributed by atoms with Crippen molar-refractivity contribution in [3.05, 3.63) is 133 Å². The number of nitriles is 1. The highest BCUT2D eigenvalue weighted by atomic mass is 32.1. The van der Waals surface area contributed by atoms with E-state index in [1.54, 1.807) is 11.3 Å². The quantitative estimate of drug-likeness (QED) is 0.217. The zero-order valence-electron chi connectivity index (χ0n) is 21.4. The molecule has 0 radical (unpaired) electrons. The Labute approximate surface area is 239 Å². The van der Waals surface area contributed by atoms with Crippen molar-refractivity contribution in [3.63, 3.8) is 0 Å². The fraction of sp³-hybridized carbons (Fsp3) is 0. The van der Waals surface area contributed by atoms with Crippen LogP contribution in [0.4, 0.5) is 0 Å². The monoisotopic (exact) mass is 543 g/mol. The van der Waals surface area contributed by atoms with E-state index >= 15 is 0 Å². The van der Waals surface area contributed by atoms with Gasteiger partial charge in [0.1, 0.15) is 0 Å². The molecular formula is C37H21NS2. The summed E-state index contributed by atoms with van der Waals surface area (Å²) in [6.45, 7) is 0. The molecule has 8 aromatic rings. The Balaban J connectivity index is 1.48. The lowest BCUT2D eigenvalue weighted by atomic mass is 9.86. The molecule has 0 bridgehead atoms. The molecule has 0 saturated carbocycles. The van der Waals surface area contributed by atoms with E-state index in [1.165, 1.54) is 40.3 Å². The summed E-state index contributed by atoms with van der Waals surface area (Å²) in [5.74, 6) is 0. The van der Waals surface area contributed by atoms with Crippen LogP contribution in [-0.2, 0) is 0 Å². The first kappa shape index (κ1) is 23.2. The van der Waals surface area contributed by atoms with E-state index in [9.17, 15) is 5.26 Å². The molecule has 0 N–H and O–H groups in total. The minimum Gasteiger partial charge on any atom is -0.192 e. The average Bonchev–Trinajstić information content (AvgIpc) is 3.59. The van der Waals surface area contributed by atoms with Crippen LogP contribution in [0.15, 0.2) is 127 Å². The van der Waals surface area contributed by atoms with Gasteiger partial charge >= 0.3 is 0 Å². The average molecular weight is 544 g/mol. The number of benzene rings is 6. The normalized spacial score (nSPS) is 11.5. The van der Waals surface area contributed by atoms with Crippen molar-refractivity contribution in [3.8, 4) is 39.4 Å². The summed E-state index contributed by atoms with van der Waals surface area (Å²) in [6.07, 6.45) is 0. The van der Waals surface area contributed by atoms with Gasteiger partial charge in [0, 0.05) is 45.9 Å². The Morgan fingerprint density at radius 3 is 1.55 bits per heavy atom. The zero-order chi connectivity index (χ0) is 26.6. The van der Waals surface area contributed by atoms with Crippen molar-refractivity contribution in [1.82, 2.24) is 0 Å². The minimum absolute atomic E-state index is 0.689. The number of rotatable bonds is 3. The smallest absolute Gasteiger partial charge is 0.0998 e. The maximum absolute atomic E-state index is 10.5. The van der Waals surface area contributed by atoms with Gasteiger partial charge in [0.25, 0.3) is 0 Å². The SMILES string of the molecule is N#Cc1cc(-c2cccc3sc4ccccc4c23)c(-c2ccccc2)cc1-c1cccc2sc3ccccc3c12. The zero-order valence-corrected chi connectivity index (χ0v) is 23.0. The Bertz CT molecular complexity index is 2280. The molecule has 3 heteroatoms. The van der Waals surface area contributed by atoms with E-state index in [4.69, 9.17) is 0 Å². The number of hydrogen-bond donors (Lipinski definition) is 0. The number of nitrogens with zero attached hydrogens (tertiary/aromatic N) is 1. The lowest BCUT2D eigenvalue weighted by molar-refractivity contribution is 1.48. The van der Waals surface area contributed by atoms with E-state index < -0.39 is 0 Å². The fourth-order valence-electron chi connectivity index (χ4n) is 5.99. The van der Waals surface area contributed by atoms with Crippen LogP contribution in [0.25, 0.3) is 73.7 Å². The molecule has 0 unspecified atom stereocenters. The van der Waals surface area contributed by atoms with Gasteiger partial charge in [-0.05, 0) is 64.2 Å². The van der Waals surface area contributed by atoms with Crippen LogP contribution in [-0.4, -0.2) is 0 Å². The molecule has 1 nitrogen and oxygen atoms in total. The molecule has 2 aromatic heterocycles. The number of fused-ring (bicyclic) bond motifs is 6. The van der Waals surface area contributed by atoms with Crippen molar-refractivity contribution in [1.29, 1.82) is 5.26 Å². The van der Waals surface area contributed by atoms with Gasteiger partial charge in [0.05, 0.1) is 11.6 Å². The lowest BCUT2D eigenvalue weighted by Crippen LogP contribution is -1.93. The van der Waals surface area contributed by atoms with Crippen LogP contribution in [0.3, 0.4) is 0 Å². The van der Waals surface area contributed by atoms with E-state index in [0.717, 1.165) is 33.4 Å². The van der Waals surface area contributed by atoms with Crippen LogP contribution in [0.2, 0.25) is 0 Å². The minimum atomic E-state index is 0.689. The van der Waals surface area contributed by atoms with Gasteiger partial charge in [-0.25, -0.2) is 0 Å². The molecule has 186 valence electrons. The van der Waals surface area contributed by atoms with Gasteiger partial charge in [0.15, 0.2) is 0 Å². The number of hydrogen-bond acceptors (Lipinski definition) is 3. The molecule has 0 aliphatic rings. The second-order valence-corrected chi connectivity index (χ2v) is 12.1. The first-order valence-electron chi connectivity index (χ1n) is 13.2. The largest absolute Gasteiger partial charge is 0.192 e. The van der Waals surface area contributed by atoms with Gasteiger partial charge in [-0.3, -0.25) is 0 Å². The van der Waals surface area contributed by atoms with Crippen molar-refractivity contribution < 1.29 is 0 Å². The van der Waals surface area contributed by atoms with Crippen molar-refractivity contribution in [2.75, 3.05) is 0 Å². The Hall–Kier alpha value is -4.75. The molecule has 0 atom stereocenters. The van der Waals surface area contributed by atoms with E-state index in [0.29, 0.717) is 5.56 Å². The predicted octanol–water partition coefficient (Wildman–Crippen LogP) is 11.3. The van der Waals surface area contributed by atoms with Crippen molar-refractivity contribution in [2.24, 2.45) is 0 Å². The molecule has 0 fully saturated rings.